The number of thioether (sulfide) groups is 1. The maximum Gasteiger partial charge on any atom is 0.285 e. The van der Waals surface area contributed by atoms with Crippen molar-refractivity contribution in [3.05, 3.63) is 64.6 Å². The van der Waals surface area contributed by atoms with E-state index in [1.807, 2.05) is 24.3 Å². The van der Waals surface area contributed by atoms with Crippen LogP contribution >= 0.6 is 24.0 Å². The van der Waals surface area contributed by atoms with Crippen LogP contribution in [0.15, 0.2) is 53.4 Å². The molecule has 2 aromatic rings. The molecular formula is C19H16N2O4S2. The Morgan fingerprint density at radius 3 is 2.48 bits per heavy atom. The zero-order valence-corrected chi connectivity index (χ0v) is 16.2. The molecule has 6 nitrogen and oxygen atoms in total. The predicted octanol–water partition coefficient (Wildman–Crippen LogP) is 3.25. The van der Waals surface area contributed by atoms with E-state index in [4.69, 9.17) is 21.7 Å². The summed E-state index contributed by atoms with van der Waals surface area (Å²) < 4.78 is 10.5. The van der Waals surface area contributed by atoms with Gasteiger partial charge >= 0.3 is 0 Å². The number of methoxy groups -OCH3 is 2. The lowest BCUT2D eigenvalue weighted by molar-refractivity contribution is -0.123. The molecule has 27 heavy (non-hydrogen) atoms. The molecule has 1 fully saturated rings. The monoisotopic (exact) mass is 400 g/mol. The summed E-state index contributed by atoms with van der Waals surface area (Å²) in [6, 6.07) is 13.9. The molecule has 8 heteroatoms. The number of ether oxygens (including phenoxy) is 2. The summed E-state index contributed by atoms with van der Waals surface area (Å²) in [6.07, 6.45) is 1.71. The average molecular weight is 400 g/mol. The van der Waals surface area contributed by atoms with Crippen LogP contribution in [0.25, 0.3) is 6.08 Å². The van der Waals surface area contributed by atoms with E-state index in [1.54, 1.807) is 44.6 Å². The zero-order chi connectivity index (χ0) is 19.4. The number of amides is 2. The van der Waals surface area contributed by atoms with E-state index < -0.39 is 5.91 Å². The van der Waals surface area contributed by atoms with E-state index in [0.717, 1.165) is 22.3 Å². The lowest BCUT2D eigenvalue weighted by Crippen LogP contribution is -2.44. The first-order valence-electron chi connectivity index (χ1n) is 7.89. The first-order valence-corrected chi connectivity index (χ1v) is 9.11. The Morgan fingerprint density at radius 2 is 1.81 bits per heavy atom. The third-order valence-corrected chi connectivity index (χ3v) is 5.05. The Hall–Kier alpha value is -2.84. The zero-order valence-electron chi connectivity index (χ0n) is 14.6. The van der Waals surface area contributed by atoms with Gasteiger partial charge in [0.25, 0.3) is 11.8 Å². The number of nitrogens with one attached hydrogen (secondary N) is 1. The molecule has 0 unspecified atom stereocenters. The van der Waals surface area contributed by atoms with Crippen LogP contribution in [0.4, 0.5) is 0 Å². The van der Waals surface area contributed by atoms with Gasteiger partial charge in [-0.15, -0.1) is 0 Å². The van der Waals surface area contributed by atoms with Gasteiger partial charge in [0.2, 0.25) is 0 Å². The second-order valence-electron chi connectivity index (χ2n) is 5.46. The molecule has 1 aliphatic heterocycles. The number of nitrogens with zero attached hydrogens (tertiary/aromatic N) is 1. The van der Waals surface area contributed by atoms with Crippen LogP contribution in [0.1, 0.15) is 15.9 Å². The quantitative estimate of drug-likeness (QED) is 0.614. The lowest BCUT2D eigenvalue weighted by atomic mass is 10.2. The van der Waals surface area contributed by atoms with E-state index in [2.05, 4.69) is 5.43 Å². The van der Waals surface area contributed by atoms with Crippen molar-refractivity contribution in [2.24, 2.45) is 0 Å². The summed E-state index contributed by atoms with van der Waals surface area (Å²) in [5.74, 6) is 0.511. The van der Waals surface area contributed by atoms with Crippen LogP contribution in [-0.2, 0) is 4.79 Å². The molecule has 1 saturated heterocycles. The highest BCUT2D eigenvalue weighted by Gasteiger charge is 2.33. The fraction of sp³-hybridized carbons (Fsp3) is 0.105. The molecule has 2 amide bonds. The van der Waals surface area contributed by atoms with Crippen molar-refractivity contribution in [3.8, 4) is 11.5 Å². The van der Waals surface area contributed by atoms with Crippen molar-refractivity contribution >= 4 is 46.2 Å². The van der Waals surface area contributed by atoms with Crippen LogP contribution in [0.3, 0.4) is 0 Å². The largest absolute Gasteiger partial charge is 0.497 e. The number of hydrogen-bond acceptors (Lipinski definition) is 6. The number of rotatable bonds is 5. The summed E-state index contributed by atoms with van der Waals surface area (Å²) in [5, 5.41) is 1.08. The molecule has 3 rings (SSSR count). The summed E-state index contributed by atoms with van der Waals surface area (Å²) in [5.41, 5.74) is 3.74. The Morgan fingerprint density at radius 1 is 1.11 bits per heavy atom. The van der Waals surface area contributed by atoms with Gasteiger partial charge in [-0.25, -0.2) is 0 Å². The van der Waals surface area contributed by atoms with Gasteiger partial charge in [-0.3, -0.25) is 15.0 Å². The standard InChI is InChI=1S/C19H16N2O4S2/c1-24-14-8-6-13(7-9-14)17(22)20-21-18(23)16(27-19(21)26)11-12-4-3-5-15(10-12)25-2/h3-11H,1-2H3,(H,20,22)/b16-11-. The first kappa shape index (κ1) is 18.9. The molecule has 1 heterocycles. The van der Waals surface area contributed by atoms with Crippen molar-refractivity contribution in [1.82, 2.24) is 10.4 Å². The van der Waals surface area contributed by atoms with Gasteiger partial charge in [0.1, 0.15) is 11.5 Å². The lowest BCUT2D eigenvalue weighted by Gasteiger charge is -2.15. The Labute approximate surface area is 166 Å². The van der Waals surface area contributed by atoms with Gasteiger partial charge < -0.3 is 9.47 Å². The number of hydrazine groups is 1. The molecule has 0 atom stereocenters. The molecule has 0 radical (unpaired) electrons. The normalized spacial score (nSPS) is 15.2. The predicted molar refractivity (Wildman–Crippen MR) is 108 cm³/mol. The molecule has 0 spiro atoms. The maximum atomic E-state index is 12.6. The molecule has 138 valence electrons. The SMILES string of the molecule is COc1ccc(C(=O)NN2C(=O)/C(=C/c3cccc(OC)c3)SC2=S)cc1. The number of hydrogen-bond donors (Lipinski definition) is 1. The van der Waals surface area contributed by atoms with Gasteiger partial charge in [0, 0.05) is 5.56 Å². The Bertz CT molecular complexity index is 926. The topological polar surface area (TPSA) is 67.9 Å². The molecule has 2 aromatic carbocycles. The minimum absolute atomic E-state index is 0.260. The highest BCUT2D eigenvalue weighted by Crippen LogP contribution is 2.32. The summed E-state index contributed by atoms with van der Waals surface area (Å²) in [6.45, 7) is 0. The molecule has 1 N–H and O–H groups in total. The number of carbonyl (C=O) groups is 2. The van der Waals surface area contributed by atoms with Gasteiger partial charge in [0.05, 0.1) is 19.1 Å². The molecule has 0 aromatic heterocycles. The maximum absolute atomic E-state index is 12.6. The van der Waals surface area contributed by atoms with Crippen molar-refractivity contribution < 1.29 is 19.1 Å². The van der Waals surface area contributed by atoms with E-state index in [9.17, 15) is 9.59 Å². The number of carbonyl (C=O) groups excluding carboxylic acids is 2. The second kappa shape index (κ2) is 8.24. The molecule has 1 aliphatic rings. The van der Waals surface area contributed by atoms with Crippen LogP contribution in [0.2, 0.25) is 0 Å². The summed E-state index contributed by atoms with van der Waals surface area (Å²) in [7, 11) is 3.12. The van der Waals surface area contributed by atoms with Crippen molar-refractivity contribution in [2.75, 3.05) is 14.2 Å². The number of thiocarbonyl (C=S) groups is 1. The fourth-order valence-electron chi connectivity index (χ4n) is 2.36. The van der Waals surface area contributed by atoms with E-state index in [0.29, 0.717) is 22.0 Å². The third-order valence-electron chi connectivity index (χ3n) is 3.75. The number of benzene rings is 2. The fourth-order valence-corrected chi connectivity index (χ4v) is 3.53. The van der Waals surface area contributed by atoms with Crippen molar-refractivity contribution in [1.29, 1.82) is 0 Å². The smallest absolute Gasteiger partial charge is 0.285 e. The van der Waals surface area contributed by atoms with Gasteiger partial charge in [-0.05, 0) is 60.3 Å². The Kier molecular flexibility index (Phi) is 5.78. The highest BCUT2D eigenvalue weighted by molar-refractivity contribution is 8.26. The molecule has 0 saturated carbocycles. The van der Waals surface area contributed by atoms with Crippen molar-refractivity contribution in [2.45, 2.75) is 0 Å². The second-order valence-corrected chi connectivity index (χ2v) is 7.14. The Balaban J connectivity index is 1.75. The van der Waals surface area contributed by atoms with Crippen LogP contribution in [-0.4, -0.2) is 35.4 Å². The first-order chi connectivity index (χ1) is 13.0. The van der Waals surface area contributed by atoms with Gasteiger partial charge in [-0.2, -0.15) is 5.01 Å². The molecule has 0 bridgehead atoms. The third kappa shape index (κ3) is 4.29. The molecular weight excluding hydrogens is 384 g/mol. The van der Waals surface area contributed by atoms with Crippen LogP contribution < -0.4 is 14.9 Å². The van der Waals surface area contributed by atoms with Gasteiger partial charge in [-0.1, -0.05) is 23.9 Å². The summed E-state index contributed by atoms with van der Waals surface area (Å²) >= 11 is 6.36. The average Bonchev–Trinajstić information content (AvgIpc) is 2.95. The van der Waals surface area contributed by atoms with E-state index in [-0.39, 0.29) is 10.2 Å². The van der Waals surface area contributed by atoms with E-state index in [1.165, 1.54) is 0 Å². The minimum atomic E-state index is -0.434. The van der Waals surface area contributed by atoms with Crippen molar-refractivity contribution in [3.63, 3.8) is 0 Å². The van der Waals surface area contributed by atoms with Crippen LogP contribution in [0.5, 0.6) is 11.5 Å². The summed E-state index contributed by atoms with van der Waals surface area (Å²) in [4.78, 5) is 25.4. The van der Waals surface area contributed by atoms with E-state index >= 15 is 0 Å². The minimum Gasteiger partial charge on any atom is -0.497 e. The molecule has 0 aliphatic carbocycles. The van der Waals surface area contributed by atoms with Crippen LogP contribution in [0, 0.1) is 0 Å². The highest BCUT2D eigenvalue weighted by atomic mass is 32.2. The van der Waals surface area contributed by atoms with Gasteiger partial charge in [0.15, 0.2) is 4.32 Å².